The van der Waals surface area contributed by atoms with Gasteiger partial charge in [-0.2, -0.15) is 0 Å². The van der Waals surface area contributed by atoms with Crippen LogP contribution in [0, 0.1) is 10.1 Å². The first-order valence-electron chi connectivity index (χ1n) is 7.42. The summed E-state index contributed by atoms with van der Waals surface area (Å²) in [5.74, 6) is 0. The molecule has 21 heavy (non-hydrogen) atoms. The van der Waals surface area contributed by atoms with E-state index in [1.807, 2.05) is 19.2 Å². The van der Waals surface area contributed by atoms with Crippen molar-refractivity contribution in [1.82, 2.24) is 10.2 Å². The molecule has 2 atom stereocenters. The number of morpholine rings is 1. The molecule has 2 rings (SSSR count). The zero-order valence-corrected chi connectivity index (χ0v) is 12.6. The molecule has 1 aromatic rings. The first kappa shape index (κ1) is 15.9. The molecule has 1 fully saturated rings. The van der Waals surface area contributed by atoms with Gasteiger partial charge in [-0.1, -0.05) is 19.1 Å². The lowest BCUT2D eigenvalue weighted by Gasteiger charge is -2.41. The van der Waals surface area contributed by atoms with Gasteiger partial charge in [0, 0.05) is 25.2 Å². The van der Waals surface area contributed by atoms with Gasteiger partial charge < -0.3 is 10.1 Å². The van der Waals surface area contributed by atoms with E-state index < -0.39 is 0 Å². The molecule has 1 aliphatic heterocycles. The average molecular weight is 293 g/mol. The molecule has 0 bridgehead atoms. The van der Waals surface area contributed by atoms with Crippen LogP contribution >= 0.6 is 0 Å². The fourth-order valence-electron chi connectivity index (χ4n) is 2.92. The number of nitrogens with zero attached hydrogens (tertiary/aromatic N) is 2. The van der Waals surface area contributed by atoms with E-state index in [1.165, 1.54) is 0 Å². The number of nitrogens with one attached hydrogen (secondary N) is 1. The number of likely N-dealkylation sites (N-methyl/N-ethyl adjacent to an activating group) is 1. The Bertz CT molecular complexity index is 446. The second-order valence-corrected chi connectivity index (χ2v) is 5.30. The van der Waals surface area contributed by atoms with Crippen molar-refractivity contribution in [3.63, 3.8) is 0 Å². The molecular formula is C15H23N3O3. The van der Waals surface area contributed by atoms with Crippen molar-refractivity contribution >= 4 is 5.69 Å². The smallest absolute Gasteiger partial charge is 0.269 e. The van der Waals surface area contributed by atoms with Gasteiger partial charge in [0.05, 0.1) is 23.7 Å². The number of ether oxygens (including phenoxy) is 1. The topological polar surface area (TPSA) is 67.6 Å². The van der Waals surface area contributed by atoms with E-state index in [2.05, 4.69) is 17.1 Å². The summed E-state index contributed by atoms with van der Waals surface area (Å²) in [6, 6.07) is 6.99. The number of nitro benzene ring substituents is 1. The molecule has 6 nitrogen and oxygen atoms in total. The Morgan fingerprint density at radius 1 is 1.43 bits per heavy atom. The number of hydrogen-bond donors (Lipinski definition) is 1. The minimum absolute atomic E-state index is 0.0664. The third kappa shape index (κ3) is 3.78. The van der Waals surface area contributed by atoms with E-state index in [9.17, 15) is 10.1 Å². The van der Waals surface area contributed by atoms with Gasteiger partial charge in [0.25, 0.3) is 5.69 Å². The van der Waals surface area contributed by atoms with Crippen molar-refractivity contribution in [3.8, 4) is 0 Å². The molecule has 6 heteroatoms. The lowest BCUT2D eigenvalue weighted by Crippen LogP contribution is -2.48. The molecule has 0 amide bonds. The van der Waals surface area contributed by atoms with Crippen LogP contribution in [0.4, 0.5) is 5.69 Å². The Balaban J connectivity index is 2.25. The highest BCUT2D eigenvalue weighted by molar-refractivity contribution is 5.34. The van der Waals surface area contributed by atoms with Crippen LogP contribution in [0.2, 0.25) is 0 Å². The summed E-state index contributed by atoms with van der Waals surface area (Å²) >= 11 is 0. The van der Waals surface area contributed by atoms with Crippen LogP contribution in [0.5, 0.6) is 0 Å². The number of nitro groups is 1. The van der Waals surface area contributed by atoms with E-state index in [1.54, 1.807) is 12.1 Å². The maximum absolute atomic E-state index is 10.8. The molecule has 0 aromatic heterocycles. The molecular weight excluding hydrogens is 270 g/mol. The van der Waals surface area contributed by atoms with Gasteiger partial charge in [-0.15, -0.1) is 0 Å². The van der Waals surface area contributed by atoms with Crippen LogP contribution in [0.15, 0.2) is 24.3 Å². The van der Waals surface area contributed by atoms with Crippen molar-refractivity contribution in [2.45, 2.75) is 25.5 Å². The van der Waals surface area contributed by atoms with Gasteiger partial charge in [0.1, 0.15) is 0 Å². The molecule has 1 heterocycles. The molecule has 1 aliphatic rings. The average Bonchev–Trinajstić information content (AvgIpc) is 2.48. The summed E-state index contributed by atoms with van der Waals surface area (Å²) in [5, 5.41) is 14.0. The van der Waals surface area contributed by atoms with E-state index in [0.717, 1.165) is 38.2 Å². The quantitative estimate of drug-likeness (QED) is 0.641. The van der Waals surface area contributed by atoms with Gasteiger partial charge in [-0.25, -0.2) is 0 Å². The molecule has 0 spiro atoms. The van der Waals surface area contributed by atoms with Crippen LogP contribution < -0.4 is 5.32 Å². The van der Waals surface area contributed by atoms with Gasteiger partial charge in [0.15, 0.2) is 0 Å². The van der Waals surface area contributed by atoms with Crippen molar-refractivity contribution in [1.29, 1.82) is 0 Å². The second kappa shape index (κ2) is 7.49. The van der Waals surface area contributed by atoms with Crippen molar-refractivity contribution in [3.05, 3.63) is 39.9 Å². The Hall–Kier alpha value is -1.50. The summed E-state index contributed by atoms with van der Waals surface area (Å²) in [6.07, 6.45) is 1.15. The molecule has 0 saturated carbocycles. The first-order chi connectivity index (χ1) is 10.2. The number of hydrogen-bond acceptors (Lipinski definition) is 5. The molecule has 1 N–H and O–H groups in total. The SMILES string of the molecule is CCCN1CCOC(CNC)C1c1ccc([N+](=O)[O-])cc1. The van der Waals surface area contributed by atoms with Crippen LogP contribution in [0.1, 0.15) is 24.9 Å². The van der Waals surface area contributed by atoms with Crippen LogP contribution in [-0.2, 0) is 4.74 Å². The van der Waals surface area contributed by atoms with E-state index in [-0.39, 0.29) is 22.8 Å². The third-order valence-corrected chi connectivity index (χ3v) is 3.82. The zero-order chi connectivity index (χ0) is 15.2. The highest BCUT2D eigenvalue weighted by Gasteiger charge is 2.32. The summed E-state index contributed by atoms with van der Waals surface area (Å²) in [5.41, 5.74) is 1.21. The molecule has 1 saturated heterocycles. The van der Waals surface area contributed by atoms with E-state index in [4.69, 9.17) is 4.74 Å². The van der Waals surface area contributed by atoms with Gasteiger partial charge in [-0.05, 0) is 25.6 Å². The lowest BCUT2D eigenvalue weighted by molar-refractivity contribution is -0.384. The van der Waals surface area contributed by atoms with Crippen molar-refractivity contribution in [2.24, 2.45) is 0 Å². The monoisotopic (exact) mass is 293 g/mol. The zero-order valence-electron chi connectivity index (χ0n) is 12.6. The molecule has 1 aromatic carbocycles. The summed E-state index contributed by atoms with van der Waals surface area (Å²) in [4.78, 5) is 12.8. The van der Waals surface area contributed by atoms with E-state index >= 15 is 0 Å². The summed E-state index contributed by atoms with van der Waals surface area (Å²) in [7, 11) is 1.91. The summed E-state index contributed by atoms with van der Waals surface area (Å²) < 4.78 is 5.90. The minimum atomic E-state index is -0.365. The molecule has 0 aliphatic carbocycles. The predicted molar refractivity (Wildman–Crippen MR) is 81.4 cm³/mol. The van der Waals surface area contributed by atoms with Crippen molar-refractivity contribution in [2.75, 3.05) is 33.3 Å². The molecule has 116 valence electrons. The Kier molecular flexibility index (Phi) is 5.67. The van der Waals surface area contributed by atoms with Crippen LogP contribution in [0.25, 0.3) is 0 Å². The Morgan fingerprint density at radius 2 is 2.14 bits per heavy atom. The molecule has 0 radical (unpaired) electrons. The van der Waals surface area contributed by atoms with Gasteiger partial charge in [0.2, 0.25) is 0 Å². The van der Waals surface area contributed by atoms with Gasteiger partial charge in [-0.3, -0.25) is 15.0 Å². The van der Waals surface area contributed by atoms with Crippen LogP contribution in [-0.4, -0.2) is 49.2 Å². The predicted octanol–water partition coefficient (Wildman–Crippen LogP) is 1.97. The highest BCUT2D eigenvalue weighted by Crippen LogP contribution is 2.30. The fraction of sp³-hybridized carbons (Fsp3) is 0.600. The third-order valence-electron chi connectivity index (χ3n) is 3.82. The van der Waals surface area contributed by atoms with Crippen molar-refractivity contribution < 1.29 is 9.66 Å². The standard InChI is InChI=1S/C15H23N3O3/c1-3-8-17-9-10-21-14(11-16-2)15(17)12-4-6-13(7-5-12)18(19)20/h4-7,14-16H,3,8-11H2,1-2H3. The lowest BCUT2D eigenvalue weighted by atomic mass is 9.97. The number of rotatable bonds is 6. The largest absolute Gasteiger partial charge is 0.374 e. The maximum Gasteiger partial charge on any atom is 0.269 e. The fourth-order valence-corrected chi connectivity index (χ4v) is 2.92. The highest BCUT2D eigenvalue weighted by atomic mass is 16.6. The minimum Gasteiger partial charge on any atom is -0.374 e. The first-order valence-corrected chi connectivity index (χ1v) is 7.42. The number of non-ortho nitro benzene ring substituents is 1. The normalized spacial score (nSPS) is 23.1. The van der Waals surface area contributed by atoms with Gasteiger partial charge >= 0.3 is 0 Å². The summed E-state index contributed by atoms with van der Waals surface area (Å²) in [6.45, 7) is 5.56. The number of benzene rings is 1. The maximum atomic E-state index is 10.8. The Labute approximate surface area is 125 Å². The molecule has 2 unspecified atom stereocenters. The Morgan fingerprint density at radius 3 is 2.71 bits per heavy atom. The second-order valence-electron chi connectivity index (χ2n) is 5.30. The van der Waals surface area contributed by atoms with E-state index in [0.29, 0.717) is 0 Å². The van der Waals surface area contributed by atoms with Crippen LogP contribution in [0.3, 0.4) is 0 Å².